The topological polar surface area (TPSA) is 53.0 Å². The molecule has 1 fully saturated rings. The number of piperazine rings is 1. The van der Waals surface area contributed by atoms with Crippen LogP contribution in [0.4, 0.5) is 10.1 Å². The second kappa shape index (κ2) is 10.1. The zero-order chi connectivity index (χ0) is 26.1. The Hall–Kier alpha value is -4.42. The molecule has 2 heterocycles. The van der Waals surface area contributed by atoms with Gasteiger partial charge in [0.1, 0.15) is 17.3 Å². The third kappa shape index (κ3) is 4.78. The van der Waals surface area contributed by atoms with E-state index >= 15 is 0 Å². The van der Waals surface area contributed by atoms with Crippen molar-refractivity contribution in [3.63, 3.8) is 0 Å². The molecule has 190 valence electrons. The monoisotopic (exact) mass is 506 g/mol. The minimum absolute atomic E-state index is 0.117. The number of aromatic hydroxyl groups is 1. The van der Waals surface area contributed by atoms with Gasteiger partial charge in [0.15, 0.2) is 5.76 Å². The molecule has 6 rings (SSSR count). The summed E-state index contributed by atoms with van der Waals surface area (Å²) in [6.07, 6.45) is 1.75. The van der Waals surface area contributed by atoms with Crippen LogP contribution in [0.3, 0.4) is 0 Å². The number of anilines is 1. The predicted octanol–water partition coefficient (Wildman–Crippen LogP) is 6.14. The number of ketones is 1. The number of phenolic OH excluding ortho intramolecular Hbond substituents is 1. The standard InChI is InChI=1S/C32H27FN2O3/c33-25-10-12-26(13-11-25)35-18-16-34(17-19-35)21-28-29(36)15-14-27-31(37)30(38-32(27)28)20-22-6-8-24(9-7-22)23-4-2-1-3-5-23/h1-15,20,36H,16-19,21H2/b30-20+. The number of benzene rings is 4. The zero-order valence-electron chi connectivity index (χ0n) is 20.8. The van der Waals surface area contributed by atoms with Crippen LogP contribution in [0.2, 0.25) is 0 Å². The molecule has 2 aliphatic rings. The third-order valence-electron chi connectivity index (χ3n) is 7.18. The van der Waals surface area contributed by atoms with Gasteiger partial charge in [-0.25, -0.2) is 4.39 Å². The number of rotatable bonds is 5. The molecule has 0 radical (unpaired) electrons. The van der Waals surface area contributed by atoms with Gasteiger partial charge >= 0.3 is 0 Å². The number of hydrogen-bond donors (Lipinski definition) is 1. The number of allylic oxidation sites excluding steroid dienone is 1. The van der Waals surface area contributed by atoms with Crippen molar-refractivity contribution in [3.8, 4) is 22.6 Å². The average Bonchev–Trinajstić information content (AvgIpc) is 3.27. The molecule has 0 amide bonds. The van der Waals surface area contributed by atoms with Gasteiger partial charge in [-0.15, -0.1) is 0 Å². The lowest BCUT2D eigenvalue weighted by Gasteiger charge is -2.36. The lowest BCUT2D eigenvalue weighted by atomic mass is 10.0. The molecule has 0 atom stereocenters. The molecule has 4 aromatic carbocycles. The minimum atomic E-state index is -0.243. The van der Waals surface area contributed by atoms with Gasteiger partial charge < -0.3 is 14.7 Å². The maximum absolute atomic E-state index is 13.3. The van der Waals surface area contributed by atoms with Crippen molar-refractivity contribution in [1.82, 2.24) is 4.90 Å². The van der Waals surface area contributed by atoms with Gasteiger partial charge in [-0.1, -0.05) is 54.6 Å². The van der Waals surface area contributed by atoms with Crippen LogP contribution in [0.25, 0.3) is 17.2 Å². The van der Waals surface area contributed by atoms with E-state index in [2.05, 4.69) is 21.9 Å². The molecule has 1 N–H and O–H groups in total. The van der Waals surface area contributed by atoms with Gasteiger partial charge in [-0.2, -0.15) is 0 Å². The summed E-state index contributed by atoms with van der Waals surface area (Å²) in [6.45, 7) is 3.57. The first-order valence-electron chi connectivity index (χ1n) is 12.7. The predicted molar refractivity (Wildman–Crippen MR) is 147 cm³/mol. The fourth-order valence-electron chi connectivity index (χ4n) is 5.04. The van der Waals surface area contributed by atoms with Crippen molar-refractivity contribution in [1.29, 1.82) is 0 Å². The summed E-state index contributed by atoms with van der Waals surface area (Å²) < 4.78 is 19.3. The first kappa shape index (κ1) is 23.9. The van der Waals surface area contributed by atoms with E-state index < -0.39 is 0 Å². The Morgan fingerprint density at radius 1 is 0.816 bits per heavy atom. The summed E-state index contributed by atoms with van der Waals surface area (Å²) in [6, 6.07) is 27.8. The molecule has 0 saturated carbocycles. The van der Waals surface area contributed by atoms with Crippen LogP contribution in [0, 0.1) is 5.82 Å². The smallest absolute Gasteiger partial charge is 0.231 e. The summed E-state index contributed by atoms with van der Waals surface area (Å²) in [5.74, 6) is 0.372. The number of Topliss-reactive ketones (excluding diaryl/α,β-unsaturated/α-hetero) is 1. The Bertz CT molecular complexity index is 1490. The minimum Gasteiger partial charge on any atom is -0.507 e. The molecule has 5 nitrogen and oxygen atoms in total. The van der Waals surface area contributed by atoms with Crippen molar-refractivity contribution in [2.75, 3.05) is 31.1 Å². The maximum Gasteiger partial charge on any atom is 0.231 e. The molecule has 1 saturated heterocycles. The largest absolute Gasteiger partial charge is 0.507 e. The van der Waals surface area contributed by atoms with Crippen molar-refractivity contribution in [2.45, 2.75) is 6.54 Å². The second-order valence-electron chi connectivity index (χ2n) is 9.61. The maximum atomic E-state index is 13.3. The number of hydrogen-bond acceptors (Lipinski definition) is 5. The highest BCUT2D eigenvalue weighted by atomic mass is 19.1. The number of carbonyl (C=O) groups is 1. The van der Waals surface area contributed by atoms with E-state index in [1.54, 1.807) is 30.3 Å². The molecule has 6 heteroatoms. The normalized spacial score (nSPS) is 16.5. The molecular weight excluding hydrogens is 479 g/mol. The van der Waals surface area contributed by atoms with Crippen molar-refractivity contribution >= 4 is 17.5 Å². The summed E-state index contributed by atoms with van der Waals surface area (Å²) in [7, 11) is 0. The average molecular weight is 507 g/mol. The van der Waals surface area contributed by atoms with Crippen LogP contribution in [0.1, 0.15) is 21.5 Å². The van der Waals surface area contributed by atoms with Gasteiger partial charge in [0, 0.05) is 38.4 Å². The number of carbonyl (C=O) groups excluding carboxylic acids is 1. The number of phenols is 1. The molecular formula is C32H27FN2O3. The van der Waals surface area contributed by atoms with E-state index in [1.165, 1.54) is 12.1 Å². The van der Waals surface area contributed by atoms with Crippen LogP contribution in [-0.2, 0) is 6.54 Å². The molecule has 4 aromatic rings. The molecule has 0 spiro atoms. The van der Waals surface area contributed by atoms with E-state index in [0.717, 1.165) is 48.6 Å². The van der Waals surface area contributed by atoms with Crippen LogP contribution in [0.15, 0.2) is 96.8 Å². The Balaban J connectivity index is 1.17. The number of halogens is 1. The first-order chi connectivity index (χ1) is 18.5. The summed E-state index contributed by atoms with van der Waals surface area (Å²) >= 11 is 0. The molecule has 2 aliphatic heterocycles. The zero-order valence-corrected chi connectivity index (χ0v) is 20.8. The van der Waals surface area contributed by atoms with E-state index in [1.807, 2.05) is 42.5 Å². The molecule has 38 heavy (non-hydrogen) atoms. The van der Waals surface area contributed by atoms with E-state index in [9.17, 15) is 14.3 Å². The Labute approximate surface area is 221 Å². The van der Waals surface area contributed by atoms with Crippen molar-refractivity contribution in [2.24, 2.45) is 0 Å². The molecule has 0 aliphatic carbocycles. The van der Waals surface area contributed by atoms with Gasteiger partial charge in [0.05, 0.1) is 11.1 Å². The van der Waals surface area contributed by atoms with Gasteiger partial charge in [0.2, 0.25) is 5.78 Å². The van der Waals surface area contributed by atoms with Crippen LogP contribution in [-0.4, -0.2) is 42.0 Å². The van der Waals surface area contributed by atoms with Crippen molar-refractivity contribution < 1.29 is 19.0 Å². The van der Waals surface area contributed by atoms with Crippen LogP contribution >= 0.6 is 0 Å². The molecule has 0 aromatic heterocycles. The number of fused-ring (bicyclic) bond motifs is 1. The Morgan fingerprint density at radius 2 is 1.50 bits per heavy atom. The number of nitrogens with zero attached hydrogens (tertiary/aromatic N) is 2. The fraction of sp³-hybridized carbons (Fsp3) is 0.156. The second-order valence-corrected chi connectivity index (χ2v) is 9.61. The van der Waals surface area contributed by atoms with E-state index in [0.29, 0.717) is 23.4 Å². The van der Waals surface area contributed by atoms with Gasteiger partial charge in [-0.3, -0.25) is 9.69 Å². The summed E-state index contributed by atoms with van der Waals surface area (Å²) in [5.41, 5.74) is 5.18. The lowest BCUT2D eigenvalue weighted by Crippen LogP contribution is -2.46. The number of ether oxygens (including phenoxy) is 1. The highest BCUT2D eigenvalue weighted by Crippen LogP contribution is 2.40. The summed E-state index contributed by atoms with van der Waals surface area (Å²) in [4.78, 5) is 17.6. The van der Waals surface area contributed by atoms with Gasteiger partial charge in [0.25, 0.3) is 0 Å². The Kier molecular flexibility index (Phi) is 6.40. The highest BCUT2D eigenvalue weighted by molar-refractivity contribution is 6.15. The first-order valence-corrected chi connectivity index (χ1v) is 12.7. The van der Waals surface area contributed by atoms with Crippen molar-refractivity contribution in [3.05, 3.63) is 119 Å². The van der Waals surface area contributed by atoms with Gasteiger partial charge in [-0.05, 0) is 59.2 Å². The highest BCUT2D eigenvalue weighted by Gasteiger charge is 2.32. The third-order valence-corrected chi connectivity index (χ3v) is 7.18. The van der Waals surface area contributed by atoms with Crippen LogP contribution in [0.5, 0.6) is 11.5 Å². The van der Waals surface area contributed by atoms with E-state index in [-0.39, 0.29) is 23.1 Å². The van der Waals surface area contributed by atoms with Crippen LogP contribution < -0.4 is 9.64 Å². The fourth-order valence-corrected chi connectivity index (χ4v) is 5.04. The SMILES string of the molecule is O=C1/C(=C\c2ccc(-c3ccccc3)cc2)Oc2c1ccc(O)c2CN1CCN(c2ccc(F)cc2)CC1. The summed E-state index contributed by atoms with van der Waals surface area (Å²) in [5, 5.41) is 10.7. The molecule has 0 bridgehead atoms. The molecule has 0 unspecified atom stereocenters. The lowest BCUT2D eigenvalue weighted by molar-refractivity contribution is 0.101. The quantitative estimate of drug-likeness (QED) is 0.330. The van der Waals surface area contributed by atoms with E-state index in [4.69, 9.17) is 4.74 Å². The Morgan fingerprint density at radius 3 is 2.21 bits per heavy atom.